The van der Waals surface area contributed by atoms with Gasteiger partial charge in [-0.25, -0.2) is 0 Å². The summed E-state index contributed by atoms with van der Waals surface area (Å²) in [6.45, 7) is 6.70. The molecule has 3 rings (SSSR count). The number of hydrogen-bond donors (Lipinski definition) is 1. The third-order valence-corrected chi connectivity index (χ3v) is 6.47. The lowest BCUT2D eigenvalue weighted by Crippen LogP contribution is -2.43. The third-order valence-electron chi connectivity index (χ3n) is 5.78. The van der Waals surface area contributed by atoms with Crippen molar-refractivity contribution in [2.45, 2.75) is 51.5 Å². The molecule has 6 heteroatoms. The van der Waals surface area contributed by atoms with Gasteiger partial charge in [0, 0.05) is 43.5 Å². The number of likely N-dealkylation sites (tertiary alicyclic amines) is 2. The maximum atomic E-state index is 12.4. The Labute approximate surface area is 160 Å². The molecule has 2 amide bonds. The minimum atomic E-state index is 0.0513. The zero-order valence-corrected chi connectivity index (χ0v) is 16.6. The molecule has 1 atom stereocenters. The molecular weight excluding hydrogens is 346 g/mol. The quantitative estimate of drug-likeness (QED) is 0.776. The molecule has 0 radical (unpaired) electrons. The molecule has 0 aromatic carbocycles. The van der Waals surface area contributed by atoms with Crippen molar-refractivity contribution >= 4 is 23.2 Å². The van der Waals surface area contributed by atoms with Crippen molar-refractivity contribution in [2.24, 2.45) is 5.92 Å². The zero-order chi connectivity index (χ0) is 18.4. The van der Waals surface area contributed by atoms with Gasteiger partial charge >= 0.3 is 0 Å². The molecule has 144 valence electrons. The number of amides is 2. The Balaban J connectivity index is 1.33. The second kappa shape index (κ2) is 9.51. The fourth-order valence-corrected chi connectivity index (χ4v) is 4.67. The highest BCUT2D eigenvalue weighted by Gasteiger charge is 2.27. The van der Waals surface area contributed by atoms with E-state index < -0.39 is 0 Å². The number of thiophene rings is 1. The van der Waals surface area contributed by atoms with Crippen LogP contribution >= 0.6 is 11.3 Å². The van der Waals surface area contributed by atoms with Gasteiger partial charge in [0.2, 0.25) is 5.91 Å². The lowest BCUT2D eigenvalue weighted by molar-refractivity contribution is -0.126. The Kier molecular flexibility index (Phi) is 7.08. The van der Waals surface area contributed by atoms with Crippen LogP contribution in [-0.4, -0.2) is 60.4 Å². The van der Waals surface area contributed by atoms with Gasteiger partial charge < -0.3 is 15.1 Å². The minimum absolute atomic E-state index is 0.0513. The molecule has 0 aliphatic carbocycles. The lowest BCUT2D eigenvalue weighted by atomic mass is 9.95. The van der Waals surface area contributed by atoms with Gasteiger partial charge in [-0.1, -0.05) is 6.42 Å². The fourth-order valence-electron chi connectivity index (χ4n) is 4.04. The molecule has 0 saturated carbocycles. The van der Waals surface area contributed by atoms with Crippen molar-refractivity contribution in [3.63, 3.8) is 0 Å². The van der Waals surface area contributed by atoms with E-state index >= 15 is 0 Å². The molecule has 1 aromatic rings. The first-order valence-corrected chi connectivity index (χ1v) is 10.9. The minimum Gasteiger partial charge on any atom is -0.356 e. The van der Waals surface area contributed by atoms with Crippen molar-refractivity contribution in [3.05, 3.63) is 22.4 Å². The Bertz CT molecular complexity index is 582. The van der Waals surface area contributed by atoms with Crippen LogP contribution in [0, 0.1) is 5.92 Å². The SMILES string of the molecule is C[C@@H]1CCCCN1CCCNC(=O)C1CCN(C(=O)c2ccsc2)CC1. The number of nitrogens with one attached hydrogen (secondary N) is 1. The van der Waals surface area contributed by atoms with Crippen LogP contribution in [-0.2, 0) is 4.79 Å². The second-order valence-electron chi connectivity index (χ2n) is 7.60. The monoisotopic (exact) mass is 377 g/mol. The summed E-state index contributed by atoms with van der Waals surface area (Å²) in [7, 11) is 0. The summed E-state index contributed by atoms with van der Waals surface area (Å²) in [6, 6.07) is 2.55. The Morgan fingerprint density at radius 1 is 1.19 bits per heavy atom. The van der Waals surface area contributed by atoms with Crippen LogP contribution in [0.25, 0.3) is 0 Å². The van der Waals surface area contributed by atoms with Crippen molar-refractivity contribution in [3.8, 4) is 0 Å². The predicted molar refractivity (Wildman–Crippen MR) is 105 cm³/mol. The first-order chi connectivity index (χ1) is 12.6. The van der Waals surface area contributed by atoms with Crippen LogP contribution in [0.2, 0.25) is 0 Å². The second-order valence-corrected chi connectivity index (χ2v) is 8.38. The predicted octanol–water partition coefficient (Wildman–Crippen LogP) is 2.98. The fraction of sp³-hybridized carbons (Fsp3) is 0.700. The highest BCUT2D eigenvalue weighted by atomic mass is 32.1. The van der Waals surface area contributed by atoms with Crippen LogP contribution in [0.4, 0.5) is 0 Å². The largest absolute Gasteiger partial charge is 0.356 e. The van der Waals surface area contributed by atoms with Gasteiger partial charge in [0.25, 0.3) is 5.91 Å². The summed E-state index contributed by atoms with van der Waals surface area (Å²) in [4.78, 5) is 29.2. The van der Waals surface area contributed by atoms with E-state index in [0.29, 0.717) is 19.1 Å². The normalized spacial score (nSPS) is 22.3. The van der Waals surface area contributed by atoms with Crippen LogP contribution in [0.15, 0.2) is 16.8 Å². The van der Waals surface area contributed by atoms with Crippen molar-refractivity contribution in [2.75, 3.05) is 32.7 Å². The summed E-state index contributed by atoms with van der Waals surface area (Å²) in [6.07, 6.45) is 6.51. The molecule has 2 fully saturated rings. The van der Waals surface area contributed by atoms with Crippen LogP contribution < -0.4 is 5.32 Å². The van der Waals surface area contributed by atoms with Crippen molar-refractivity contribution in [1.29, 1.82) is 0 Å². The zero-order valence-electron chi connectivity index (χ0n) is 15.8. The summed E-state index contributed by atoms with van der Waals surface area (Å²) < 4.78 is 0. The van der Waals surface area contributed by atoms with Gasteiger partial charge in [-0.15, -0.1) is 0 Å². The van der Waals surface area contributed by atoms with Gasteiger partial charge in [-0.3, -0.25) is 9.59 Å². The highest BCUT2D eigenvalue weighted by molar-refractivity contribution is 7.08. The highest BCUT2D eigenvalue weighted by Crippen LogP contribution is 2.20. The third kappa shape index (κ3) is 5.07. The summed E-state index contributed by atoms with van der Waals surface area (Å²) in [5.41, 5.74) is 0.768. The lowest BCUT2D eigenvalue weighted by Gasteiger charge is -2.33. The Hall–Kier alpha value is -1.40. The average Bonchev–Trinajstić information content (AvgIpc) is 3.20. The van der Waals surface area contributed by atoms with E-state index in [-0.39, 0.29) is 17.7 Å². The molecular formula is C20H31N3O2S. The number of carbonyl (C=O) groups excluding carboxylic acids is 2. The van der Waals surface area contributed by atoms with E-state index in [1.54, 1.807) is 11.3 Å². The molecule has 2 aliphatic rings. The van der Waals surface area contributed by atoms with E-state index in [1.807, 2.05) is 21.7 Å². The number of rotatable bonds is 6. The molecule has 0 bridgehead atoms. The van der Waals surface area contributed by atoms with E-state index in [1.165, 1.54) is 25.8 Å². The van der Waals surface area contributed by atoms with Gasteiger partial charge in [0.15, 0.2) is 0 Å². The molecule has 0 unspecified atom stereocenters. The molecule has 1 aromatic heterocycles. The molecule has 2 saturated heterocycles. The Morgan fingerprint density at radius 3 is 2.69 bits per heavy atom. The van der Waals surface area contributed by atoms with Gasteiger partial charge in [-0.2, -0.15) is 11.3 Å². The molecule has 26 heavy (non-hydrogen) atoms. The van der Waals surface area contributed by atoms with Gasteiger partial charge in [-0.05, 0) is 57.0 Å². The first-order valence-electron chi connectivity index (χ1n) is 9.98. The van der Waals surface area contributed by atoms with Crippen LogP contribution in [0.1, 0.15) is 55.8 Å². The van der Waals surface area contributed by atoms with E-state index in [9.17, 15) is 9.59 Å². The number of hydrogen-bond acceptors (Lipinski definition) is 4. The summed E-state index contributed by atoms with van der Waals surface area (Å²) in [5, 5.41) is 6.93. The standard InChI is InChI=1S/C20H31N3O2S/c1-16-5-2-3-10-22(16)11-4-9-21-19(24)17-6-12-23(13-7-17)20(25)18-8-14-26-15-18/h8,14-17H,2-7,9-13H2,1H3,(H,21,24)/t16-/m1/s1. The topological polar surface area (TPSA) is 52.7 Å². The molecule has 0 spiro atoms. The average molecular weight is 378 g/mol. The van der Waals surface area contributed by atoms with E-state index in [4.69, 9.17) is 0 Å². The van der Waals surface area contributed by atoms with Gasteiger partial charge in [0.05, 0.1) is 5.56 Å². The summed E-state index contributed by atoms with van der Waals surface area (Å²) >= 11 is 1.54. The van der Waals surface area contributed by atoms with Gasteiger partial charge in [0.1, 0.15) is 0 Å². The molecule has 1 N–H and O–H groups in total. The number of nitrogens with zero attached hydrogens (tertiary/aromatic N) is 2. The summed E-state index contributed by atoms with van der Waals surface area (Å²) in [5.74, 6) is 0.315. The number of piperidine rings is 2. The van der Waals surface area contributed by atoms with Crippen molar-refractivity contribution < 1.29 is 9.59 Å². The van der Waals surface area contributed by atoms with Crippen LogP contribution in [0.3, 0.4) is 0 Å². The molecule has 5 nitrogen and oxygen atoms in total. The molecule has 2 aliphatic heterocycles. The maximum Gasteiger partial charge on any atom is 0.254 e. The smallest absolute Gasteiger partial charge is 0.254 e. The number of carbonyl (C=O) groups is 2. The maximum absolute atomic E-state index is 12.4. The van der Waals surface area contributed by atoms with E-state index in [2.05, 4.69) is 17.1 Å². The first kappa shape index (κ1) is 19.4. The van der Waals surface area contributed by atoms with Crippen molar-refractivity contribution in [1.82, 2.24) is 15.1 Å². The molecule has 3 heterocycles. The van der Waals surface area contributed by atoms with E-state index in [0.717, 1.165) is 37.9 Å². The Morgan fingerprint density at radius 2 is 2.00 bits per heavy atom. The van der Waals surface area contributed by atoms with Crippen LogP contribution in [0.5, 0.6) is 0 Å².